The van der Waals surface area contributed by atoms with Crippen molar-refractivity contribution in [3.05, 3.63) is 0 Å². The van der Waals surface area contributed by atoms with Crippen molar-refractivity contribution in [3.8, 4) is 0 Å². The van der Waals surface area contributed by atoms with Crippen molar-refractivity contribution in [2.24, 2.45) is 0 Å². The fourth-order valence-electron chi connectivity index (χ4n) is 0. The van der Waals surface area contributed by atoms with Crippen LogP contribution in [0.2, 0.25) is 0 Å². The summed E-state index contributed by atoms with van der Waals surface area (Å²) in [5.74, 6) is 0. The van der Waals surface area contributed by atoms with E-state index in [1.165, 1.54) is 0 Å². The van der Waals surface area contributed by atoms with E-state index in [1.807, 2.05) is 0 Å². The van der Waals surface area contributed by atoms with E-state index in [1.54, 1.807) is 0 Å². The summed E-state index contributed by atoms with van der Waals surface area (Å²) in [4.78, 5) is 0. The molecule has 0 aromatic carbocycles. The van der Waals surface area contributed by atoms with Crippen LogP contribution < -0.4 is 0 Å². The van der Waals surface area contributed by atoms with E-state index < -0.39 is -2.25 Å². The van der Waals surface area contributed by atoms with Crippen molar-refractivity contribution < 1.29 is -2.25 Å². The SMILES string of the molecule is [Br][Re]([Br])([Br])([Br])([Br])([Br])[Br]. The molecule has 0 atom stereocenters. The van der Waals surface area contributed by atoms with Crippen LogP contribution in [0.4, 0.5) is 0 Å². The molecule has 0 unspecified atom stereocenters. The molecule has 0 aliphatic rings. The van der Waals surface area contributed by atoms with Crippen LogP contribution in [0.3, 0.4) is 0 Å². The van der Waals surface area contributed by atoms with Gasteiger partial charge in [-0.25, -0.2) is 0 Å². The van der Waals surface area contributed by atoms with Crippen LogP contribution in [0.25, 0.3) is 0 Å². The molecule has 0 N–H and O–H groups in total. The first kappa shape index (κ1) is 12.0. The Labute approximate surface area is 89.2 Å². The first-order chi connectivity index (χ1) is 2.65. The van der Waals surface area contributed by atoms with E-state index in [0.29, 0.717) is 0 Å². The molecule has 0 amide bonds. The first-order valence-electron chi connectivity index (χ1n) is 1.000. The average Bonchev–Trinajstić information content (AvgIpc) is 0.544. The van der Waals surface area contributed by atoms with Gasteiger partial charge in [0.1, 0.15) is 0 Å². The second-order valence-corrected chi connectivity index (χ2v) is 251. The van der Waals surface area contributed by atoms with Gasteiger partial charge in [0.2, 0.25) is 0 Å². The number of hydrogen-bond donors (Lipinski definition) is 0. The molecule has 0 aromatic heterocycles. The van der Waals surface area contributed by atoms with Crippen LogP contribution in [0, 0.1) is 0 Å². The fraction of sp³-hybridized carbons (Fsp3) is 0. The topological polar surface area (TPSA) is 0 Å². The van der Waals surface area contributed by atoms with Crippen LogP contribution in [0.5, 0.6) is 0 Å². The Bertz CT molecular complexity index is 96.6. The molecule has 0 rings (SSSR count). The fourth-order valence-corrected chi connectivity index (χ4v) is 0. The molecule has 0 aliphatic heterocycles. The maximum absolute atomic E-state index is 4.11. The summed E-state index contributed by atoms with van der Waals surface area (Å²) in [6, 6.07) is 0. The number of halogens is 7. The molecule has 0 nitrogen and oxygen atoms in total. The normalized spacial score (nSPS) is 27.1. The molecule has 8 heavy (non-hydrogen) atoms. The number of rotatable bonds is 0. The molecule has 56 valence electrons. The summed E-state index contributed by atoms with van der Waals surface area (Å²) < 4.78 is -4.11. The van der Waals surface area contributed by atoms with Gasteiger partial charge in [-0.1, -0.05) is 0 Å². The van der Waals surface area contributed by atoms with Crippen molar-refractivity contribution in [3.63, 3.8) is 0 Å². The third kappa shape index (κ3) is 50.4. The van der Waals surface area contributed by atoms with Gasteiger partial charge < -0.3 is 0 Å². The van der Waals surface area contributed by atoms with Crippen LogP contribution >= 0.6 is 94.0 Å². The maximum atomic E-state index is 3.37. The van der Waals surface area contributed by atoms with E-state index in [4.69, 9.17) is 0 Å². The van der Waals surface area contributed by atoms with Gasteiger partial charge in [-0.15, -0.1) is 0 Å². The van der Waals surface area contributed by atoms with E-state index in [9.17, 15) is 0 Å². The zero-order valence-corrected chi connectivity index (χ0v) is 16.8. The molecule has 0 spiro atoms. The van der Waals surface area contributed by atoms with Gasteiger partial charge in [-0.2, -0.15) is 0 Å². The third-order valence-electron chi connectivity index (χ3n) is 0. The van der Waals surface area contributed by atoms with Crippen molar-refractivity contribution in [1.29, 1.82) is 0 Å². The van der Waals surface area contributed by atoms with Crippen LogP contribution in [0.1, 0.15) is 0 Å². The Kier molecular flexibility index (Phi) is 2.66. The molecule has 0 saturated heterocycles. The average molecular weight is 746 g/mol. The van der Waals surface area contributed by atoms with Gasteiger partial charge in [0, 0.05) is 0 Å². The number of hydrogen-bond acceptors (Lipinski definition) is 0. The molecule has 0 heterocycles. The van der Waals surface area contributed by atoms with E-state index in [2.05, 4.69) is 94.0 Å². The summed E-state index contributed by atoms with van der Waals surface area (Å²) in [5, 5.41) is 0. The van der Waals surface area contributed by atoms with Gasteiger partial charge in [-0.05, 0) is 0 Å². The second kappa shape index (κ2) is 1.77. The zero-order chi connectivity index (χ0) is 7.38. The Morgan fingerprint density at radius 3 is 0.500 bits per heavy atom. The van der Waals surface area contributed by atoms with Gasteiger partial charge in [0.15, 0.2) is 0 Å². The third-order valence-corrected chi connectivity index (χ3v) is 0. The van der Waals surface area contributed by atoms with Gasteiger partial charge in [0.25, 0.3) is 0 Å². The summed E-state index contributed by atoms with van der Waals surface area (Å²) in [7, 11) is 0. The minimum absolute atomic E-state index is 3.37. The van der Waals surface area contributed by atoms with Crippen molar-refractivity contribution >= 4 is 94.0 Å². The molecular formula is Br7Re. The Balaban J connectivity index is 5.14. The Hall–Kier alpha value is 4.02. The summed E-state index contributed by atoms with van der Waals surface area (Å²) >= 11 is 23.6. The summed E-state index contributed by atoms with van der Waals surface area (Å²) in [6.45, 7) is 0. The Morgan fingerprint density at radius 2 is 0.500 bits per heavy atom. The van der Waals surface area contributed by atoms with E-state index >= 15 is 0 Å². The van der Waals surface area contributed by atoms with Crippen LogP contribution in [-0.2, 0) is -2.25 Å². The molecule has 8 heteroatoms. The molecule has 0 aliphatic carbocycles. The molecule has 0 saturated carbocycles. The van der Waals surface area contributed by atoms with Gasteiger partial charge >= 0.3 is 91.8 Å². The van der Waals surface area contributed by atoms with Crippen molar-refractivity contribution in [1.82, 2.24) is 0 Å². The Morgan fingerprint density at radius 1 is 0.500 bits per heavy atom. The van der Waals surface area contributed by atoms with Gasteiger partial charge in [-0.3, -0.25) is 0 Å². The molecule has 0 radical (unpaired) electrons. The molecule has 0 aromatic rings. The van der Waals surface area contributed by atoms with Crippen molar-refractivity contribution in [2.75, 3.05) is 0 Å². The first-order valence-corrected chi connectivity index (χ1v) is 42.5. The summed E-state index contributed by atoms with van der Waals surface area (Å²) in [6.07, 6.45) is 0. The minimum atomic E-state index is -4.11. The van der Waals surface area contributed by atoms with Gasteiger partial charge in [0.05, 0.1) is 0 Å². The molecule has 0 fully saturated rings. The monoisotopic (exact) mass is 739 g/mol. The van der Waals surface area contributed by atoms with E-state index in [-0.39, 0.29) is 0 Å². The zero-order valence-electron chi connectivity index (χ0n) is 3.02. The predicted molar refractivity (Wildman–Crippen MR) is 62.5 cm³/mol. The summed E-state index contributed by atoms with van der Waals surface area (Å²) in [5.41, 5.74) is 0. The molecule has 0 bridgehead atoms. The van der Waals surface area contributed by atoms with Crippen LogP contribution in [-0.4, -0.2) is 0 Å². The standard InChI is InChI=1S/7BrH.Re/h7*1H;/q;;;;;;;+7/p-7. The quantitative estimate of drug-likeness (QED) is 0.289. The van der Waals surface area contributed by atoms with E-state index in [0.717, 1.165) is 0 Å². The molecular weight excluding hydrogens is 746 g/mol. The van der Waals surface area contributed by atoms with Crippen molar-refractivity contribution in [2.45, 2.75) is 0 Å². The second-order valence-electron chi connectivity index (χ2n) is 1.13. The predicted octanol–water partition coefficient (Wildman–Crippen LogP) is 5.92. The van der Waals surface area contributed by atoms with Crippen LogP contribution in [0.15, 0.2) is 0 Å².